The molecule has 2 aromatic rings. The van der Waals surface area contributed by atoms with E-state index in [1.165, 1.54) is 57.8 Å². The molecule has 0 fully saturated rings. The minimum absolute atomic E-state index is 0.188. The van der Waals surface area contributed by atoms with Crippen LogP contribution in [0.2, 0.25) is 0 Å². The minimum atomic E-state index is 0.188. The maximum atomic E-state index is 10.0. The molecule has 0 radical (unpaired) electrons. The molecule has 2 N–H and O–H groups in total. The lowest BCUT2D eigenvalue weighted by Gasteiger charge is -2.12. The van der Waals surface area contributed by atoms with Crippen molar-refractivity contribution in [2.24, 2.45) is 0 Å². The molecular weight excluding hydrogens is 362 g/mol. The fourth-order valence-electron chi connectivity index (χ4n) is 3.24. The Bertz CT molecular complexity index is 660. The summed E-state index contributed by atoms with van der Waals surface area (Å²) in [5.74, 6) is 1.74. The van der Waals surface area contributed by atoms with E-state index in [2.05, 4.69) is 12.2 Å². The van der Waals surface area contributed by atoms with Crippen LogP contribution in [-0.2, 0) is 0 Å². The molecule has 0 amide bonds. The summed E-state index contributed by atoms with van der Waals surface area (Å²) in [4.78, 5) is 0. The summed E-state index contributed by atoms with van der Waals surface area (Å²) in [5, 5.41) is 13.1. The van der Waals surface area contributed by atoms with Crippen molar-refractivity contribution in [3.8, 4) is 17.2 Å². The lowest BCUT2D eigenvalue weighted by Crippen LogP contribution is -2.09. The first-order chi connectivity index (χ1) is 14.3. The van der Waals surface area contributed by atoms with Crippen LogP contribution in [0.1, 0.15) is 71.1 Å². The molecule has 0 aromatic heterocycles. The molecule has 4 nitrogen and oxygen atoms in total. The van der Waals surface area contributed by atoms with Gasteiger partial charge in [0.05, 0.1) is 12.3 Å². The van der Waals surface area contributed by atoms with Crippen LogP contribution in [0.5, 0.6) is 17.2 Å². The van der Waals surface area contributed by atoms with Crippen LogP contribution >= 0.6 is 0 Å². The van der Waals surface area contributed by atoms with Crippen molar-refractivity contribution in [2.75, 3.05) is 18.7 Å². The van der Waals surface area contributed by atoms with Gasteiger partial charge in [-0.2, -0.15) is 0 Å². The van der Waals surface area contributed by atoms with Crippen LogP contribution in [0, 0.1) is 0 Å². The fraction of sp³-hybridized carbons (Fsp3) is 0.520. The van der Waals surface area contributed by atoms with Crippen LogP contribution in [-0.4, -0.2) is 18.4 Å². The standard InChI is InChI=1S/C25H37NO3/c1-2-3-4-5-6-7-8-9-10-14-19-28-23-17-18-25(27)24(20-23)26-21-29-22-15-12-11-13-16-22/h11-13,15-18,20,26-27H,2-10,14,19,21H2,1H3. The molecule has 160 valence electrons. The molecule has 29 heavy (non-hydrogen) atoms. The van der Waals surface area contributed by atoms with E-state index in [1.807, 2.05) is 36.4 Å². The van der Waals surface area contributed by atoms with Gasteiger partial charge in [-0.15, -0.1) is 0 Å². The quantitative estimate of drug-likeness (QED) is 0.179. The van der Waals surface area contributed by atoms with Crippen molar-refractivity contribution in [1.82, 2.24) is 0 Å². The van der Waals surface area contributed by atoms with Gasteiger partial charge in [0.25, 0.3) is 0 Å². The van der Waals surface area contributed by atoms with Gasteiger partial charge in [0, 0.05) is 6.07 Å². The predicted molar refractivity (Wildman–Crippen MR) is 121 cm³/mol. The number of ether oxygens (including phenoxy) is 2. The summed E-state index contributed by atoms with van der Waals surface area (Å²) in [7, 11) is 0. The Morgan fingerprint density at radius 3 is 2.07 bits per heavy atom. The zero-order valence-corrected chi connectivity index (χ0v) is 17.9. The van der Waals surface area contributed by atoms with Crippen molar-refractivity contribution in [3.05, 3.63) is 48.5 Å². The number of phenolic OH excluding ortho intramolecular Hbond substituents is 1. The number of para-hydroxylation sites is 1. The number of nitrogens with one attached hydrogen (secondary N) is 1. The SMILES string of the molecule is CCCCCCCCCCCCOc1ccc(O)c(NCOc2ccccc2)c1. The van der Waals surface area contributed by atoms with Gasteiger partial charge in [0.15, 0.2) is 6.73 Å². The van der Waals surface area contributed by atoms with Crippen LogP contribution in [0.15, 0.2) is 48.5 Å². The summed E-state index contributed by atoms with van der Waals surface area (Å²) >= 11 is 0. The minimum Gasteiger partial charge on any atom is -0.506 e. The van der Waals surface area contributed by atoms with Gasteiger partial charge < -0.3 is 19.9 Å². The van der Waals surface area contributed by atoms with E-state index >= 15 is 0 Å². The number of phenols is 1. The highest BCUT2D eigenvalue weighted by molar-refractivity contribution is 5.58. The fourth-order valence-corrected chi connectivity index (χ4v) is 3.24. The molecule has 0 bridgehead atoms. The summed E-state index contributed by atoms with van der Waals surface area (Å²) in [6.07, 6.45) is 13.1. The number of anilines is 1. The normalized spacial score (nSPS) is 10.7. The van der Waals surface area contributed by atoms with E-state index in [0.29, 0.717) is 12.3 Å². The Balaban J connectivity index is 1.57. The highest BCUT2D eigenvalue weighted by Gasteiger charge is 2.04. The van der Waals surface area contributed by atoms with E-state index in [9.17, 15) is 5.11 Å². The third-order valence-corrected chi connectivity index (χ3v) is 4.98. The lowest BCUT2D eigenvalue weighted by molar-refractivity contribution is 0.303. The summed E-state index contributed by atoms with van der Waals surface area (Å²) in [6.45, 7) is 3.25. The molecule has 0 unspecified atom stereocenters. The first kappa shape index (κ1) is 22.9. The molecule has 0 spiro atoms. The number of benzene rings is 2. The zero-order chi connectivity index (χ0) is 20.6. The largest absolute Gasteiger partial charge is 0.506 e. The van der Waals surface area contributed by atoms with Crippen molar-refractivity contribution in [3.63, 3.8) is 0 Å². The number of hydrogen-bond acceptors (Lipinski definition) is 4. The van der Waals surface area contributed by atoms with Crippen molar-refractivity contribution < 1.29 is 14.6 Å². The molecule has 0 aliphatic carbocycles. The summed E-state index contributed by atoms with van der Waals surface area (Å²) in [6, 6.07) is 14.9. The number of unbranched alkanes of at least 4 members (excludes halogenated alkanes) is 9. The van der Waals surface area contributed by atoms with Gasteiger partial charge >= 0.3 is 0 Å². The van der Waals surface area contributed by atoms with E-state index in [1.54, 1.807) is 12.1 Å². The molecule has 0 saturated carbocycles. The van der Waals surface area contributed by atoms with Crippen LogP contribution < -0.4 is 14.8 Å². The second kappa shape index (κ2) is 14.6. The molecule has 0 saturated heterocycles. The Morgan fingerprint density at radius 1 is 0.724 bits per heavy atom. The first-order valence-electron chi connectivity index (χ1n) is 11.2. The molecule has 2 rings (SSSR count). The Hall–Kier alpha value is -2.36. The molecule has 0 atom stereocenters. The van der Waals surface area contributed by atoms with E-state index < -0.39 is 0 Å². The topological polar surface area (TPSA) is 50.7 Å². The molecule has 0 aliphatic heterocycles. The van der Waals surface area contributed by atoms with Gasteiger partial charge in [-0.3, -0.25) is 0 Å². The van der Waals surface area contributed by atoms with Gasteiger partial charge in [0.2, 0.25) is 0 Å². The van der Waals surface area contributed by atoms with Gasteiger partial charge in [-0.05, 0) is 30.7 Å². The molecular formula is C25H37NO3. The second-order valence-corrected chi connectivity index (χ2v) is 7.49. The Morgan fingerprint density at radius 2 is 1.38 bits per heavy atom. The molecule has 4 heteroatoms. The smallest absolute Gasteiger partial charge is 0.159 e. The highest BCUT2D eigenvalue weighted by atomic mass is 16.5. The number of hydrogen-bond donors (Lipinski definition) is 2. The van der Waals surface area contributed by atoms with Crippen LogP contribution in [0.4, 0.5) is 5.69 Å². The van der Waals surface area contributed by atoms with Crippen LogP contribution in [0.3, 0.4) is 0 Å². The van der Waals surface area contributed by atoms with Gasteiger partial charge in [-0.1, -0.05) is 82.9 Å². The van der Waals surface area contributed by atoms with E-state index in [4.69, 9.17) is 9.47 Å². The predicted octanol–water partition coefficient (Wildman–Crippen LogP) is 7.14. The van der Waals surface area contributed by atoms with Crippen molar-refractivity contribution in [1.29, 1.82) is 0 Å². The summed E-state index contributed by atoms with van der Waals surface area (Å²) in [5.41, 5.74) is 0.613. The lowest BCUT2D eigenvalue weighted by atomic mass is 10.1. The third kappa shape index (κ3) is 10.1. The van der Waals surface area contributed by atoms with E-state index in [-0.39, 0.29) is 12.5 Å². The highest BCUT2D eigenvalue weighted by Crippen LogP contribution is 2.28. The number of rotatable bonds is 16. The maximum absolute atomic E-state index is 10.0. The maximum Gasteiger partial charge on any atom is 0.159 e. The monoisotopic (exact) mass is 399 g/mol. The first-order valence-corrected chi connectivity index (χ1v) is 11.2. The molecule has 0 aliphatic rings. The van der Waals surface area contributed by atoms with Crippen LogP contribution in [0.25, 0.3) is 0 Å². The average molecular weight is 400 g/mol. The van der Waals surface area contributed by atoms with Crippen molar-refractivity contribution in [2.45, 2.75) is 71.1 Å². The number of aromatic hydroxyl groups is 1. The Kier molecular flexibility index (Phi) is 11.6. The third-order valence-electron chi connectivity index (χ3n) is 4.98. The van der Waals surface area contributed by atoms with Crippen molar-refractivity contribution >= 4 is 5.69 Å². The van der Waals surface area contributed by atoms with E-state index in [0.717, 1.165) is 17.9 Å². The zero-order valence-electron chi connectivity index (χ0n) is 17.9. The molecule has 2 aromatic carbocycles. The average Bonchev–Trinajstić information content (AvgIpc) is 2.75. The summed E-state index contributed by atoms with van der Waals surface area (Å²) < 4.78 is 11.5. The Labute approximate surface area is 176 Å². The second-order valence-electron chi connectivity index (χ2n) is 7.49. The van der Waals surface area contributed by atoms with Gasteiger partial charge in [0.1, 0.15) is 17.2 Å². The molecule has 0 heterocycles. The van der Waals surface area contributed by atoms with Gasteiger partial charge in [-0.25, -0.2) is 0 Å².